The first kappa shape index (κ1) is 18.1. The number of nitrogens with zero attached hydrogens (tertiary/aromatic N) is 3. The fourth-order valence-corrected chi connectivity index (χ4v) is 6.38. The maximum Gasteiger partial charge on any atom is 0.270 e. The monoisotopic (exact) mass is 401 g/mol. The van der Waals surface area contributed by atoms with E-state index in [0.717, 1.165) is 0 Å². The molecule has 0 bridgehead atoms. The van der Waals surface area contributed by atoms with E-state index in [9.17, 15) is 23.3 Å². The van der Waals surface area contributed by atoms with E-state index in [1.165, 1.54) is 40.1 Å². The summed E-state index contributed by atoms with van der Waals surface area (Å²) in [5.41, 5.74) is 0.659. The van der Waals surface area contributed by atoms with Crippen LogP contribution in [0.25, 0.3) is 10.2 Å². The predicted octanol–water partition coefficient (Wildman–Crippen LogP) is 1.94. The van der Waals surface area contributed by atoms with Crippen LogP contribution >= 0.6 is 23.1 Å². The molecule has 8 nitrogen and oxygen atoms in total. The van der Waals surface area contributed by atoms with Gasteiger partial charge >= 0.3 is 0 Å². The van der Waals surface area contributed by atoms with E-state index in [2.05, 4.69) is 4.98 Å². The SMILES string of the molecule is CN(C(=O)CSc1nc2ccc([N+](=O)[O-])cc2s1)[C@H]1CCS(=O)(=O)C1. The van der Waals surface area contributed by atoms with Crippen molar-refractivity contribution in [2.45, 2.75) is 16.8 Å². The molecule has 0 unspecified atom stereocenters. The number of benzene rings is 1. The molecule has 1 saturated heterocycles. The molecular weight excluding hydrogens is 386 g/mol. The maximum absolute atomic E-state index is 12.3. The van der Waals surface area contributed by atoms with Crippen LogP contribution in [0.1, 0.15) is 6.42 Å². The van der Waals surface area contributed by atoms with Crippen molar-refractivity contribution in [1.82, 2.24) is 9.88 Å². The molecule has 0 aliphatic carbocycles. The number of fused-ring (bicyclic) bond motifs is 1. The van der Waals surface area contributed by atoms with Crippen molar-refractivity contribution in [3.05, 3.63) is 28.3 Å². The third-order valence-corrected chi connectivity index (χ3v) is 7.93. The summed E-state index contributed by atoms with van der Waals surface area (Å²) in [4.78, 5) is 28.5. The zero-order chi connectivity index (χ0) is 18.2. The van der Waals surface area contributed by atoms with Gasteiger partial charge in [-0.25, -0.2) is 13.4 Å². The number of rotatable bonds is 5. The van der Waals surface area contributed by atoms with Gasteiger partial charge in [-0.3, -0.25) is 14.9 Å². The summed E-state index contributed by atoms with van der Waals surface area (Å²) in [6.45, 7) is 0. The van der Waals surface area contributed by atoms with Gasteiger partial charge in [-0.1, -0.05) is 11.8 Å². The van der Waals surface area contributed by atoms with Crippen LogP contribution < -0.4 is 0 Å². The fourth-order valence-electron chi connectivity index (χ4n) is 2.58. The Morgan fingerprint density at radius 3 is 2.92 bits per heavy atom. The number of non-ortho nitro benzene ring substituents is 1. The van der Waals surface area contributed by atoms with Crippen LogP contribution in [0, 0.1) is 10.1 Å². The topological polar surface area (TPSA) is 110 Å². The zero-order valence-electron chi connectivity index (χ0n) is 13.2. The lowest BCUT2D eigenvalue weighted by molar-refractivity contribution is -0.384. The minimum absolute atomic E-state index is 0.00551. The number of nitro benzene ring substituents is 1. The van der Waals surface area contributed by atoms with Gasteiger partial charge in [0.25, 0.3) is 5.69 Å². The van der Waals surface area contributed by atoms with Crippen molar-refractivity contribution in [1.29, 1.82) is 0 Å². The van der Waals surface area contributed by atoms with Crippen molar-refractivity contribution in [3.8, 4) is 0 Å². The second kappa shape index (κ2) is 6.89. The van der Waals surface area contributed by atoms with Crippen molar-refractivity contribution in [3.63, 3.8) is 0 Å². The number of nitro groups is 1. The minimum atomic E-state index is -3.04. The molecule has 25 heavy (non-hydrogen) atoms. The highest BCUT2D eigenvalue weighted by Crippen LogP contribution is 2.32. The van der Waals surface area contributed by atoms with Crippen molar-refractivity contribution >= 4 is 54.7 Å². The molecule has 134 valence electrons. The van der Waals surface area contributed by atoms with Crippen molar-refractivity contribution < 1.29 is 18.1 Å². The molecule has 0 saturated carbocycles. The summed E-state index contributed by atoms with van der Waals surface area (Å²) in [5, 5.41) is 10.8. The first-order valence-electron chi connectivity index (χ1n) is 7.39. The molecule has 2 aromatic rings. The van der Waals surface area contributed by atoms with Gasteiger partial charge in [0.1, 0.15) is 0 Å². The van der Waals surface area contributed by atoms with Crippen LogP contribution in [0.4, 0.5) is 5.69 Å². The number of hydrogen-bond acceptors (Lipinski definition) is 8. The average Bonchev–Trinajstić information content (AvgIpc) is 3.13. The van der Waals surface area contributed by atoms with Crippen LogP contribution in [-0.2, 0) is 14.6 Å². The Balaban J connectivity index is 1.64. The van der Waals surface area contributed by atoms with Crippen LogP contribution in [0.15, 0.2) is 22.5 Å². The molecule has 11 heteroatoms. The Labute approximate surface area is 152 Å². The second-order valence-electron chi connectivity index (χ2n) is 5.74. The smallest absolute Gasteiger partial charge is 0.270 e. The summed E-state index contributed by atoms with van der Waals surface area (Å²) in [6, 6.07) is 4.19. The van der Waals surface area contributed by atoms with E-state index < -0.39 is 14.8 Å². The first-order valence-corrected chi connectivity index (χ1v) is 11.0. The van der Waals surface area contributed by atoms with E-state index in [0.29, 0.717) is 21.0 Å². The molecule has 2 heterocycles. The van der Waals surface area contributed by atoms with Gasteiger partial charge in [0.2, 0.25) is 5.91 Å². The molecule has 1 aliphatic heterocycles. The third-order valence-electron chi connectivity index (χ3n) is 4.03. The summed E-state index contributed by atoms with van der Waals surface area (Å²) in [7, 11) is -1.41. The summed E-state index contributed by atoms with van der Waals surface area (Å²) >= 11 is 2.55. The van der Waals surface area contributed by atoms with Crippen molar-refractivity contribution in [2.24, 2.45) is 0 Å². The number of sulfone groups is 1. The first-order chi connectivity index (χ1) is 11.7. The molecule has 1 atom stereocenters. The number of aromatic nitrogens is 1. The molecule has 1 aromatic heterocycles. The molecule has 0 spiro atoms. The molecule has 3 rings (SSSR count). The van der Waals surface area contributed by atoms with Crippen LogP contribution in [0.5, 0.6) is 0 Å². The highest BCUT2D eigenvalue weighted by atomic mass is 32.2. The van der Waals surface area contributed by atoms with Crippen molar-refractivity contribution in [2.75, 3.05) is 24.3 Å². The van der Waals surface area contributed by atoms with Gasteiger partial charge in [-0.15, -0.1) is 11.3 Å². The molecule has 1 aromatic carbocycles. The standard InChI is InChI=1S/C14H15N3O5S3/c1-16(10-4-5-25(21,22)8-10)13(18)7-23-14-15-11-3-2-9(17(19)20)6-12(11)24-14/h2-3,6,10H,4-5,7-8H2,1H3/t10-/m0/s1. The number of hydrogen-bond donors (Lipinski definition) is 0. The van der Waals surface area contributed by atoms with E-state index in [1.54, 1.807) is 13.1 Å². The largest absolute Gasteiger partial charge is 0.341 e. The third kappa shape index (κ3) is 4.10. The second-order valence-corrected chi connectivity index (χ2v) is 10.2. The lowest BCUT2D eigenvalue weighted by Crippen LogP contribution is -2.38. The van der Waals surface area contributed by atoms with Crippen LogP contribution in [-0.4, -0.2) is 59.5 Å². The highest BCUT2D eigenvalue weighted by molar-refractivity contribution is 8.01. The van der Waals surface area contributed by atoms with E-state index in [1.807, 2.05) is 0 Å². The predicted molar refractivity (Wildman–Crippen MR) is 96.8 cm³/mol. The summed E-state index contributed by atoms with van der Waals surface area (Å²) < 4.78 is 24.4. The lowest BCUT2D eigenvalue weighted by atomic mass is 10.2. The van der Waals surface area contributed by atoms with Gasteiger partial charge in [0.15, 0.2) is 14.2 Å². The summed E-state index contributed by atoms with van der Waals surface area (Å²) in [6.07, 6.45) is 0.472. The fraction of sp³-hybridized carbons (Fsp3) is 0.429. The van der Waals surface area contributed by atoms with Crippen LogP contribution in [0.2, 0.25) is 0 Å². The number of thiazole rings is 1. The number of carbonyl (C=O) groups excluding carboxylic acids is 1. The molecule has 0 radical (unpaired) electrons. The number of carbonyl (C=O) groups is 1. The van der Waals surface area contributed by atoms with E-state index >= 15 is 0 Å². The van der Waals surface area contributed by atoms with Gasteiger partial charge in [-0.2, -0.15) is 0 Å². The van der Waals surface area contributed by atoms with Gasteiger partial charge in [-0.05, 0) is 12.5 Å². The Hall–Kier alpha value is -1.72. The molecular formula is C14H15N3O5S3. The Kier molecular flexibility index (Phi) is 4.98. The average molecular weight is 401 g/mol. The maximum atomic E-state index is 12.3. The molecule has 1 amide bonds. The normalized spacial score (nSPS) is 19.2. The Bertz CT molecular complexity index is 940. The Morgan fingerprint density at radius 1 is 1.52 bits per heavy atom. The lowest BCUT2D eigenvalue weighted by Gasteiger charge is -2.22. The molecule has 1 aliphatic rings. The molecule has 0 N–H and O–H groups in total. The Morgan fingerprint density at radius 2 is 2.28 bits per heavy atom. The van der Waals surface area contributed by atoms with Gasteiger partial charge in [0, 0.05) is 25.2 Å². The van der Waals surface area contributed by atoms with Gasteiger partial charge < -0.3 is 4.90 Å². The number of amides is 1. The van der Waals surface area contributed by atoms with Gasteiger partial charge in [0.05, 0.1) is 32.4 Å². The highest BCUT2D eigenvalue weighted by Gasteiger charge is 2.32. The minimum Gasteiger partial charge on any atom is -0.341 e. The summed E-state index contributed by atoms with van der Waals surface area (Å²) in [5.74, 6) is 0.135. The molecule has 1 fully saturated rings. The number of thioether (sulfide) groups is 1. The van der Waals surface area contributed by atoms with Crippen LogP contribution in [0.3, 0.4) is 0 Å². The zero-order valence-corrected chi connectivity index (χ0v) is 15.7. The van der Waals surface area contributed by atoms with E-state index in [-0.39, 0.29) is 34.9 Å². The van der Waals surface area contributed by atoms with E-state index in [4.69, 9.17) is 0 Å². The quantitative estimate of drug-likeness (QED) is 0.428.